The third kappa shape index (κ3) is 2.01. The van der Waals surface area contributed by atoms with Crippen molar-refractivity contribution in [3.05, 3.63) is 29.8 Å². The van der Waals surface area contributed by atoms with Gasteiger partial charge in [-0.3, -0.25) is 4.79 Å². The van der Waals surface area contributed by atoms with Gasteiger partial charge in [-0.1, -0.05) is 6.07 Å². The van der Waals surface area contributed by atoms with Crippen LogP contribution in [0, 0.1) is 0 Å². The maximum atomic E-state index is 12.7. The summed E-state index contributed by atoms with van der Waals surface area (Å²) in [5.74, 6) is -0.141. The molecule has 0 aromatic heterocycles. The fourth-order valence-electron chi connectivity index (χ4n) is 2.07. The molecule has 0 spiro atoms. The van der Waals surface area contributed by atoms with E-state index in [2.05, 4.69) is 0 Å². The highest BCUT2D eigenvalue weighted by Crippen LogP contribution is 2.21. The first-order valence-electron chi connectivity index (χ1n) is 5.38. The highest BCUT2D eigenvalue weighted by Gasteiger charge is 2.29. The molecule has 0 aliphatic carbocycles. The smallest absolute Gasteiger partial charge is 0.254 e. The maximum Gasteiger partial charge on any atom is 0.254 e. The van der Waals surface area contributed by atoms with Crippen LogP contribution in [0.1, 0.15) is 23.2 Å². The lowest BCUT2D eigenvalue weighted by atomic mass is 10.1. The van der Waals surface area contributed by atoms with Crippen LogP contribution in [0.25, 0.3) is 0 Å². The Morgan fingerprint density at radius 2 is 2.38 bits per heavy atom. The molecule has 0 radical (unpaired) electrons. The normalized spacial score (nSPS) is 20.1. The van der Waals surface area contributed by atoms with Crippen molar-refractivity contribution in [2.24, 2.45) is 0 Å². The molecule has 86 valence electrons. The zero-order chi connectivity index (χ0) is 11.5. The molecule has 3 nitrogen and oxygen atoms in total. The fourth-order valence-corrected chi connectivity index (χ4v) is 2.07. The Hall–Kier alpha value is -1.58. The number of alkyl halides is 1. The summed E-state index contributed by atoms with van der Waals surface area (Å²) >= 11 is 0. The molecule has 1 saturated heterocycles. The Labute approximate surface area is 93.5 Å². The molecule has 1 aromatic rings. The molecule has 1 N–H and O–H groups in total. The van der Waals surface area contributed by atoms with E-state index in [-0.39, 0.29) is 17.7 Å². The van der Waals surface area contributed by atoms with E-state index in [4.69, 9.17) is 0 Å². The molecule has 1 atom stereocenters. The largest absolute Gasteiger partial charge is 0.508 e. The van der Waals surface area contributed by atoms with E-state index in [9.17, 15) is 14.3 Å². The van der Waals surface area contributed by atoms with Crippen LogP contribution in [0.5, 0.6) is 5.75 Å². The summed E-state index contributed by atoms with van der Waals surface area (Å²) in [6.45, 7) is 0.105. The van der Waals surface area contributed by atoms with Gasteiger partial charge in [0.25, 0.3) is 5.91 Å². The monoisotopic (exact) mass is 223 g/mol. The number of phenolic OH excluding ortho intramolecular Hbond substituents is 1. The van der Waals surface area contributed by atoms with Gasteiger partial charge in [0.05, 0.1) is 6.04 Å². The van der Waals surface area contributed by atoms with Gasteiger partial charge in [0.2, 0.25) is 0 Å². The minimum atomic E-state index is -0.495. The molecule has 0 bridgehead atoms. The minimum Gasteiger partial charge on any atom is -0.508 e. The summed E-state index contributed by atoms with van der Waals surface area (Å²) in [7, 11) is 0. The quantitative estimate of drug-likeness (QED) is 0.832. The molecule has 1 amide bonds. The van der Waals surface area contributed by atoms with E-state index < -0.39 is 6.67 Å². The summed E-state index contributed by atoms with van der Waals surface area (Å²) in [6.07, 6.45) is 1.57. The number of halogens is 1. The van der Waals surface area contributed by atoms with Crippen LogP contribution in [0.4, 0.5) is 4.39 Å². The molecule has 1 unspecified atom stereocenters. The number of hydrogen-bond donors (Lipinski definition) is 1. The summed E-state index contributed by atoms with van der Waals surface area (Å²) in [6, 6.07) is 5.87. The highest BCUT2D eigenvalue weighted by atomic mass is 19.1. The Morgan fingerprint density at radius 3 is 3.06 bits per heavy atom. The van der Waals surface area contributed by atoms with Crippen molar-refractivity contribution in [2.45, 2.75) is 18.9 Å². The van der Waals surface area contributed by atoms with Gasteiger partial charge in [0.1, 0.15) is 12.4 Å². The molecule has 0 saturated carbocycles. The lowest BCUT2D eigenvalue weighted by molar-refractivity contribution is 0.0716. The molecule has 1 aliphatic rings. The lowest BCUT2D eigenvalue weighted by Crippen LogP contribution is -2.36. The van der Waals surface area contributed by atoms with Crippen molar-refractivity contribution in [1.82, 2.24) is 4.90 Å². The second-order valence-electron chi connectivity index (χ2n) is 4.00. The van der Waals surface area contributed by atoms with Crippen LogP contribution in [0.3, 0.4) is 0 Å². The van der Waals surface area contributed by atoms with Crippen molar-refractivity contribution in [3.8, 4) is 5.75 Å². The van der Waals surface area contributed by atoms with Crippen LogP contribution in [0.15, 0.2) is 24.3 Å². The number of benzene rings is 1. The summed E-state index contributed by atoms with van der Waals surface area (Å²) in [4.78, 5) is 13.6. The number of amides is 1. The SMILES string of the molecule is O=C(c1cccc(O)c1)N1CCCC1CF. The topological polar surface area (TPSA) is 40.5 Å². The minimum absolute atomic E-state index is 0.0573. The molecule has 2 rings (SSSR count). The standard InChI is InChI=1S/C12H14FNO2/c13-8-10-4-2-6-14(10)12(16)9-3-1-5-11(15)7-9/h1,3,5,7,10,15H,2,4,6,8H2. The van der Waals surface area contributed by atoms with Crippen molar-refractivity contribution >= 4 is 5.91 Å². The van der Waals surface area contributed by atoms with E-state index >= 15 is 0 Å². The predicted octanol–water partition coefficient (Wildman–Crippen LogP) is 1.97. The number of likely N-dealkylation sites (tertiary alicyclic amines) is 1. The van der Waals surface area contributed by atoms with Gasteiger partial charge in [0, 0.05) is 12.1 Å². The van der Waals surface area contributed by atoms with Gasteiger partial charge in [-0.05, 0) is 31.0 Å². The van der Waals surface area contributed by atoms with Gasteiger partial charge < -0.3 is 10.0 Å². The third-order valence-corrected chi connectivity index (χ3v) is 2.91. The number of phenols is 1. The molecule has 1 aromatic carbocycles. The van der Waals surface area contributed by atoms with E-state index in [0.29, 0.717) is 12.1 Å². The van der Waals surface area contributed by atoms with Gasteiger partial charge in [-0.2, -0.15) is 0 Å². The van der Waals surface area contributed by atoms with Gasteiger partial charge in [-0.25, -0.2) is 4.39 Å². The second kappa shape index (κ2) is 4.51. The van der Waals surface area contributed by atoms with Crippen LogP contribution in [0.2, 0.25) is 0 Å². The van der Waals surface area contributed by atoms with Crippen molar-refractivity contribution < 1.29 is 14.3 Å². The van der Waals surface area contributed by atoms with Crippen LogP contribution >= 0.6 is 0 Å². The number of hydrogen-bond acceptors (Lipinski definition) is 2. The number of carbonyl (C=O) groups excluding carboxylic acids is 1. The number of rotatable bonds is 2. The van der Waals surface area contributed by atoms with Crippen molar-refractivity contribution in [1.29, 1.82) is 0 Å². The number of aromatic hydroxyl groups is 1. The molecule has 1 aliphatic heterocycles. The maximum absolute atomic E-state index is 12.7. The van der Waals surface area contributed by atoms with E-state index in [1.807, 2.05) is 0 Å². The Kier molecular flexibility index (Phi) is 3.08. The van der Waals surface area contributed by atoms with Gasteiger partial charge >= 0.3 is 0 Å². The predicted molar refractivity (Wildman–Crippen MR) is 58.1 cm³/mol. The first-order chi connectivity index (χ1) is 7.72. The molecular weight excluding hydrogens is 209 g/mol. The molecular formula is C12H14FNO2. The van der Waals surface area contributed by atoms with Gasteiger partial charge in [0.15, 0.2) is 0 Å². The average Bonchev–Trinajstić information content (AvgIpc) is 2.76. The molecule has 1 heterocycles. The highest BCUT2D eigenvalue weighted by molar-refractivity contribution is 5.95. The molecule has 1 fully saturated rings. The Balaban J connectivity index is 2.18. The summed E-state index contributed by atoms with van der Waals surface area (Å²) in [5, 5.41) is 9.28. The average molecular weight is 223 g/mol. The summed E-state index contributed by atoms with van der Waals surface area (Å²) in [5.41, 5.74) is 0.417. The zero-order valence-electron chi connectivity index (χ0n) is 8.90. The van der Waals surface area contributed by atoms with Crippen molar-refractivity contribution in [2.75, 3.05) is 13.2 Å². The van der Waals surface area contributed by atoms with Crippen molar-refractivity contribution in [3.63, 3.8) is 0 Å². The van der Waals surface area contributed by atoms with Gasteiger partial charge in [-0.15, -0.1) is 0 Å². The molecule has 4 heteroatoms. The van der Waals surface area contributed by atoms with E-state index in [1.165, 1.54) is 12.1 Å². The van der Waals surface area contributed by atoms with Crippen LogP contribution in [-0.2, 0) is 0 Å². The first kappa shape index (κ1) is 10.9. The number of nitrogens with zero attached hydrogens (tertiary/aromatic N) is 1. The zero-order valence-corrected chi connectivity index (χ0v) is 8.90. The van der Waals surface area contributed by atoms with E-state index in [0.717, 1.165) is 12.8 Å². The Morgan fingerprint density at radius 1 is 1.56 bits per heavy atom. The van der Waals surface area contributed by atoms with Crippen LogP contribution in [-0.4, -0.2) is 35.2 Å². The third-order valence-electron chi connectivity index (χ3n) is 2.91. The second-order valence-corrected chi connectivity index (χ2v) is 4.00. The molecule has 16 heavy (non-hydrogen) atoms. The van der Waals surface area contributed by atoms with E-state index in [1.54, 1.807) is 17.0 Å². The fraction of sp³-hybridized carbons (Fsp3) is 0.417. The summed E-state index contributed by atoms with van der Waals surface area (Å²) < 4.78 is 12.7. The number of carbonyl (C=O) groups is 1. The first-order valence-corrected chi connectivity index (χ1v) is 5.38. The Bertz CT molecular complexity index is 394. The van der Waals surface area contributed by atoms with Crippen LogP contribution < -0.4 is 0 Å². The lowest BCUT2D eigenvalue weighted by Gasteiger charge is -2.22.